The normalized spacial score (nSPS) is 20.2. The maximum Gasteiger partial charge on any atom is 0.311 e. The number of anilines is 2. The number of aryl methyl sites for hydroxylation is 1. The second-order valence-corrected chi connectivity index (χ2v) is 11.7. The molecule has 1 aromatic carbocycles. The van der Waals surface area contributed by atoms with Crippen LogP contribution in [0.4, 0.5) is 11.6 Å². The maximum absolute atomic E-state index is 13.3. The van der Waals surface area contributed by atoms with Gasteiger partial charge in [0.05, 0.1) is 11.1 Å². The zero-order valence-electron chi connectivity index (χ0n) is 20.4. The van der Waals surface area contributed by atoms with Gasteiger partial charge in [-0.15, -0.1) is 0 Å². The van der Waals surface area contributed by atoms with E-state index < -0.39 is 21.4 Å². The number of aliphatic carboxylic acids is 1. The number of aromatic nitrogens is 2. The van der Waals surface area contributed by atoms with Crippen molar-refractivity contribution < 1.29 is 18.3 Å². The van der Waals surface area contributed by atoms with Crippen LogP contribution < -0.4 is 9.62 Å². The molecule has 188 valence electrons. The molecule has 1 saturated carbocycles. The summed E-state index contributed by atoms with van der Waals surface area (Å²) in [5.74, 6) is 0.348. The summed E-state index contributed by atoms with van der Waals surface area (Å²) >= 11 is 0. The van der Waals surface area contributed by atoms with E-state index in [9.17, 15) is 18.3 Å². The molecule has 1 aliphatic heterocycles. The molecule has 3 aromatic rings. The molecule has 36 heavy (non-hydrogen) atoms. The Morgan fingerprint density at radius 3 is 2.61 bits per heavy atom. The van der Waals surface area contributed by atoms with Crippen LogP contribution >= 0.6 is 0 Å². The highest BCUT2D eigenvalue weighted by Crippen LogP contribution is 2.44. The number of rotatable bonds is 7. The van der Waals surface area contributed by atoms with Gasteiger partial charge in [0.1, 0.15) is 11.6 Å². The van der Waals surface area contributed by atoms with Crippen molar-refractivity contribution >= 4 is 27.6 Å². The molecule has 1 saturated heterocycles. The van der Waals surface area contributed by atoms with Crippen LogP contribution in [-0.2, 0) is 14.8 Å². The third kappa shape index (κ3) is 4.80. The van der Waals surface area contributed by atoms with Gasteiger partial charge in [0, 0.05) is 18.7 Å². The predicted molar refractivity (Wildman–Crippen MR) is 139 cm³/mol. The van der Waals surface area contributed by atoms with Gasteiger partial charge in [-0.2, -0.15) is 8.42 Å². The molecule has 0 unspecified atom stereocenters. The average Bonchev–Trinajstić information content (AvgIpc) is 3.71. The molecule has 2 N–H and O–H groups in total. The molecule has 0 bridgehead atoms. The number of hydrogen-bond acceptors (Lipinski definition) is 6. The number of carboxylic acid groups (broad SMARTS) is 1. The van der Waals surface area contributed by atoms with Gasteiger partial charge in [0.25, 0.3) is 10.0 Å². The van der Waals surface area contributed by atoms with E-state index in [4.69, 9.17) is 0 Å². The molecule has 9 heteroatoms. The van der Waals surface area contributed by atoms with Crippen LogP contribution in [0.2, 0.25) is 0 Å². The number of carbonyl (C=O) groups is 1. The standard InChI is InChI=1S/C27H30N4O4S/c1-18-11-14-22(28-25(18)21-8-4-3-7-20(21)19-12-13-19)30-36(34,35)24-10-5-9-23(29-24)31-16-6-15-27(2,17-31)26(32)33/h3-5,7-11,14,19H,6,12-13,15-17H2,1-2H3,(H,28,30)(H,32,33)/t27-/m1/s1. The maximum atomic E-state index is 13.3. The van der Waals surface area contributed by atoms with Crippen LogP contribution in [0, 0.1) is 12.3 Å². The smallest absolute Gasteiger partial charge is 0.311 e. The van der Waals surface area contributed by atoms with E-state index in [1.165, 1.54) is 11.6 Å². The molecule has 5 rings (SSSR count). The van der Waals surface area contributed by atoms with Gasteiger partial charge < -0.3 is 10.0 Å². The van der Waals surface area contributed by atoms with Crippen molar-refractivity contribution in [3.63, 3.8) is 0 Å². The summed E-state index contributed by atoms with van der Waals surface area (Å²) in [5, 5.41) is 9.49. The Morgan fingerprint density at radius 1 is 1.08 bits per heavy atom. The summed E-state index contributed by atoms with van der Waals surface area (Å²) in [6.45, 7) is 4.58. The fourth-order valence-corrected chi connectivity index (χ4v) is 5.82. The lowest BCUT2D eigenvalue weighted by atomic mass is 9.82. The number of benzene rings is 1. The summed E-state index contributed by atoms with van der Waals surface area (Å²) in [6, 6.07) is 16.5. The topological polar surface area (TPSA) is 112 Å². The number of piperidine rings is 1. The van der Waals surface area contributed by atoms with Gasteiger partial charge in [-0.1, -0.05) is 36.4 Å². The van der Waals surface area contributed by atoms with Crippen LogP contribution in [0.25, 0.3) is 11.3 Å². The molecule has 2 aromatic heterocycles. The first-order chi connectivity index (χ1) is 17.2. The Labute approximate surface area is 211 Å². The minimum Gasteiger partial charge on any atom is -0.481 e. The van der Waals surface area contributed by atoms with Crippen molar-refractivity contribution in [1.29, 1.82) is 0 Å². The van der Waals surface area contributed by atoms with E-state index in [0.717, 1.165) is 29.7 Å². The van der Waals surface area contributed by atoms with Crippen LogP contribution in [0.1, 0.15) is 49.7 Å². The van der Waals surface area contributed by atoms with E-state index >= 15 is 0 Å². The number of hydrogen-bond donors (Lipinski definition) is 2. The molecule has 0 spiro atoms. The van der Waals surface area contributed by atoms with Crippen LogP contribution in [0.5, 0.6) is 0 Å². The second kappa shape index (κ2) is 9.20. The lowest BCUT2D eigenvalue weighted by Gasteiger charge is -2.38. The minimum absolute atomic E-state index is 0.134. The Morgan fingerprint density at radius 2 is 1.86 bits per heavy atom. The first-order valence-corrected chi connectivity index (χ1v) is 13.7. The van der Waals surface area contributed by atoms with Crippen molar-refractivity contribution in [1.82, 2.24) is 9.97 Å². The molecule has 1 atom stereocenters. The van der Waals surface area contributed by atoms with Gasteiger partial charge in [-0.25, -0.2) is 9.97 Å². The van der Waals surface area contributed by atoms with Crippen molar-refractivity contribution in [2.24, 2.45) is 5.41 Å². The fourth-order valence-electron chi connectivity index (χ4n) is 4.85. The van der Waals surface area contributed by atoms with Crippen molar-refractivity contribution in [3.8, 4) is 11.3 Å². The molecule has 0 radical (unpaired) electrons. The van der Waals surface area contributed by atoms with Gasteiger partial charge in [-0.3, -0.25) is 9.52 Å². The predicted octanol–water partition coefficient (Wildman–Crippen LogP) is 4.82. The molecule has 3 heterocycles. The molecular weight excluding hydrogens is 476 g/mol. The Hall–Kier alpha value is -3.46. The van der Waals surface area contributed by atoms with Crippen LogP contribution in [0.15, 0.2) is 59.6 Å². The number of sulfonamides is 1. The lowest BCUT2D eigenvalue weighted by Crippen LogP contribution is -2.46. The summed E-state index contributed by atoms with van der Waals surface area (Å²) in [5.41, 5.74) is 3.12. The molecule has 2 fully saturated rings. The molecule has 8 nitrogen and oxygen atoms in total. The zero-order valence-corrected chi connectivity index (χ0v) is 21.3. The summed E-state index contributed by atoms with van der Waals surface area (Å²) in [6.07, 6.45) is 3.59. The van der Waals surface area contributed by atoms with E-state index in [2.05, 4.69) is 20.8 Å². The van der Waals surface area contributed by atoms with E-state index in [-0.39, 0.29) is 17.4 Å². The largest absolute Gasteiger partial charge is 0.481 e. The monoisotopic (exact) mass is 506 g/mol. The molecule has 2 aliphatic rings. The summed E-state index contributed by atoms with van der Waals surface area (Å²) in [4.78, 5) is 22.6. The molecular formula is C27H30N4O4S. The Balaban J connectivity index is 1.41. The van der Waals surface area contributed by atoms with Crippen molar-refractivity contribution in [3.05, 3.63) is 65.7 Å². The van der Waals surface area contributed by atoms with Crippen molar-refractivity contribution in [2.75, 3.05) is 22.7 Å². The summed E-state index contributed by atoms with van der Waals surface area (Å²) < 4.78 is 29.1. The van der Waals surface area contributed by atoms with Crippen LogP contribution in [0.3, 0.4) is 0 Å². The SMILES string of the molecule is Cc1ccc(NS(=O)(=O)c2cccc(N3CCC[C@@](C)(C(=O)O)C3)n2)nc1-c1ccccc1C1CC1. The lowest BCUT2D eigenvalue weighted by molar-refractivity contribution is -0.148. The van der Waals surface area contributed by atoms with E-state index in [1.54, 1.807) is 25.1 Å². The molecule has 0 amide bonds. The number of carboxylic acids is 1. The zero-order chi connectivity index (χ0) is 25.5. The first kappa shape index (κ1) is 24.2. The number of nitrogens with one attached hydrogen (secondary N) is 1. The Bertz CT molecular complexity index is 1420. The van der Waals surface area contributed by atoms with Gasteiger partial charge in [-0.05, 0) is 74.8 Å². The molecule has 1 aliphatic carbocycles. The van der Waals surface area contributed by atoms with Gasteiger partial charge in [0.15, 0.2) is 5.03 Å². The van der Waals surface area contributed by atoms with E-state index in [1.807, 2.05) is 36.1 Å². The Kier molecular flexibility index (Phi) is 6.20. The highest BCUT2D eigenvalue weighted by Gasteiger charge is 2.38. The first-order valence-electron chi connectivity index (χ1n) is 12.2. The van der Waals surface area contributed by atoms with Gasteiger partial charge in [0.2, 0.25) is 0 Å². The third-order valence-electron chi connectivity index (χ3n) is 7.09. The highest BCUT2D eigenvalue weighted by molar-refractivity contribution is 7.92. The fraction of sp³-hybridized carbons (Fsp3) is 0.370. The summed E-state index contributed by atoms with van der Waals surface area (Å²) in [7, 11) is -4.01. The van der Waals surface area contributed by atoms with E-state index in [0.29, 0.717) is 31.1 Å². The third-order valence-corrected chi connectivity index (χ3v) is 8.35. The van der Waals surface area contributed by atoms with Crippen LogP contribution in [-0.4, -0.2) is 42.6 Å². The number of nitrogens with zero attached hydrogens (tertiary/aromatic N) is 3. The highest BCUT2D eigenvalue weighted by atomic mass is 32.2. The van der Waals surface area contributed by atoms with Crippen molar-refractivity contribution in [2.45, 2.75) is 50.5 Å². The second-order valence-electron chi connectivity index (χ2n) is 10.1. The quantitative estimate of drug-likeness (QED) is 0.472. The minimum atomic E-state index is -4.01. The number of pyridine rings is 2. The van der Waals surface area contributed by atoms with Gasteiger partial charge >= 0.3 is 5.97 Å². The average molecular weight is 507 g/mol.